The Bertz CT molecular complexity index is 65.9. The van der Waals surface area contributed by atoms with Crippen LogP contribution in [0.4, 0.5) is 0 Å². The van der Waals surface area contributed by atoms with Crippen molar-refractivity contribution in [1.29, 1.82) is 0 Å². The van der Waals surface area contributed by atoms with Crippen molar-refractivity contribution in [2.75, 3.05) is 48.6 Å². The van der Waals surface area contributed by atoms with Crippen molar-refractivity contribution in [2.45, 2.75) is 21.8 Å². The van der Waals surface area contributed by atoms with E-state index in [2.05, 4.69) is 25.9 Å². The smallest absolute Gasteiger partial charge is 0.0981 e. The van der Waals surface area contributed by atoms with Gasteiger partial charge in [0.1, 0.15) is 0 Å². The van der Waals surface area contributed by atoms with Crippen molar-refractivity contribution in [3.63, 3.8) is 0 Å². The lowest BCUT2D eigenvalue weighted by atomic mass is 10.7. The quantitative estimate of drug-likeness (QED) is 0.639. The van der Waals surface area contributed by atoms with Crippen LogP contribution in [0.3, 0.4) is 0 Å². The fraction of sp³-hybridized carbons (Fsp3) is 1.00. The molecular formula is C10H30N2O. The molecule has 0 aromatic rings. The largest absolute Gasteiger partial charge is 0.369 e. The molecule has 0 radical (unpaired) electrons. The molecule has 3 nitrogen and oxygen atoms in total. The molecule has 0 amide bonds. The third kappa shape index (κ3) is 48.7. The maximum atomic E-state index is 4.73. The second kappa shape index (κ2) is 17.8. The summed E-state index contributed by atoms with van der Waals surface area (Å²) in [7, 11) is 9.72. The van der Waals surface area contributed by atoms with Gasteiger partial charge in [-0.05, 0) is 34.7 Å². The first-order valence-electron chi connectivity index (χ1n) is 3.83. The Labute approximate surface area is 85.7 Å². The zero-order valence-corrected chi connectivity index (χ0v) is 8.72. The van der Waals surface area contributed by atoms with Crippen molar-refractivity contribution >= 4 is 0 Å². The maximum absolute atomic E-state index is 4.73. The van der Waals surface area contributed by atoms with Gasteiger partial charge in [0.2, 0.25) is 0 Å². The molecule has 0 heterocycles. The van der Waals surface area contributed by atoms with Crippen molar-refractivity contribution in [2.24, 2.45) is 0 Å². The predicted molar refractivity (Wildman–Crippen MR) is 63.3 cm³/mol. The standard InChI is InChI=1S/C4H11NO.C4H11N.2CH4/c1-5(2)4-6-3;1-4-5(2)3;;/h4H2,1-3H3;4H2,1-3H3;2*1H4. The van der Waals surface area contributed by atoms with Crippen molar-refractivity contribution < 1.29 is 4.74 Å². The molecule has 0 saturated heterocycles. The van der Waals surface area contributed by atoms with Crippen molar-refractivity contribution in [3.8, 4) is 0 Å². The van der Waals surface area contributed by atoms with E-state index in [1.165, 1.54) is 0 Å². The van der Waals surface area contributed by atoms with E-state index in [4.69, 9.17) is 4.74 Å². The third-order valence-corrected chi connectivity index (χ3v) is 1.02. The highest BCUT2D eigenvalue weighted by atomic mass is 16.5. The zero-order chi connectivity index (χ0) is 9.28. The maximum Gasteiger partial charge on any atom is 0.0981 e. The molecule has 0 aliphatic rings. The highest BCUT2D eigenvalue weighted by Gasteiger charge is 1.78. The van der Waals surface area contributed by atoms with Gasteiger partial charge in [-0.15, -0.1) is 0 Å². The van der Waals surface area contributed by atoms with Gasteiger partial charge in [0, 0.05) is 7.11 Å². The Morgan fingerprint density at radius 2 is 1.23 bits per heavy atom. The van der Waals surface area contributed by atoms with E-state index >= 15 is 0 Å². The first-order chi connectivity index (χ1) is 5.04. The molecule has 0 fully saturated rings. The first-order valence-corrected chi connectivity index (χ1v) is 3.83. The normalized spacial score (nSPS) is 8.31. The summed E-state index contributed by atoms with van der Waals surface area (Å²) in [4.78, 5) is 4.08. The highest BCUT2D eigenvalue weighted by Crippen LogP contribution is 1.68. The van der Waals surface area contributed by atoms with Gasteiger partial charge in [0.25, 0.3) is 0 Å². The second-order valence-corrected chi connectivity index (χ2v) is 2.89. The van der Waals surface area contributed by atoms with Gasteiger partial charge in [-0.2, -0.15) is 0 Å². The van der Waals surface area contributed by atoms with E-state index in [0.717, 1.165) is 6.54 Å². The SMILES string of the molecule is C.C.CCN(C)C.COCN(C)C. The van der Waals surface area contributed by atoms with Gasteiger partial charge < -0.3 is 9.64 Å². The minimum absolute atomic E-state index is 0. The monoisotopic (exact) mass is 194 g/mol. The van der Waals surface area contributed by atoms with Crippen LogP contribution in [-0.4, -0.2) is 58.4 Å². The van der Waals surface area contributed by atoms with Gasteiger partial charge in [-0.1, -0.05) is 21.8 Å². The molecule has 0 bridgehead atoms. The van der Waals surface area contributed by atoms with Crippen LogP contribution in [0, 0.1) is 0 Å². The van der Waals surface area contributed by atoms with E-state index in [9.17, 15) is 0 Å². The average molecular weight is 194 g/mol. The van der Waals surface area contributed by atoms with E-state index in [0.29, 0.717) is 6.73 Å². The lowest BCUT2D eigenvalue weighted by Crippen LogP contribution is -2.13. The third-order valence-electron chi connectivity index (χ3n) is 1.02. The number of hydrogen-bond donors (Lipinski definition) is 0. The van der Waals surface area contributed by atoms with Crippen LogP contribution in [0.1, 0.15) is 21.8 Å². The Kier molecular flexibility index (Phi) is 31.6. The van der Waals surface area contributed by atoms with Crippen LogP contribution >= 0.6 is 0 Å². The summed E-state index contributed by atoms with van der Waals surface area (Å²) in [6.45, 7) is 3.97. The van der Waals surface area contributed by atoms with Crippen LogP contribution in [0.25, 0.3) is 0 Å². The summed E-state index contributed by atoms with van der Waals surface area (Å²) in [6.07, 6.45) is 0. The molecule has 3 heteroatoms. The number of nitrogens with zero attached hydrogens (tertiary/aromatic N) is 2. The molecular weight excluding hydrogens is 164 g/mol. The summed E-state index contributed by atoms with van der Waals surface area (Å²) in [5.74, 6) is 0. The number of rotatable bonds is 3. The summed E-state index contributed by atoms with van der Waals surface area (Å²) in [5.41, 5.74) is 0. The number of hydrogen-bond acceptors (Lipinski definition) is 3. The lowest BCUT2D eigenvalue weighted by molar-refractivity contribution is 0.0994. The second-order valence-electron chi connectivity index (χ2n) is 2.89. The predicted octanol–water partition coefficient (Wildman–Crippen LogP) is 1.99. The van der Waals surface area contributed by atoms with E-state index in [1.807, 2.05) is 19.0 Å². The number of ether oxygens (including phenoxy) is 1. The molecule has 0 N–H and O–H groups in total. The molecule has 13 heavy (non-hydrogen) atoms. The molecule has 0 aliphatic carbocycles. The van der Waals surface area contributed by atoms with Crippen molar-refractivity contribution in [1.82, 2.24) is 9.80 Å². The fourth-order valence-corrected chi connectivity index (χ4v) is 0.258. The van der Waals surface area contributed by atoms with E-state index in [1.54, 1.807) is 7.11 Å². The Balaban J connectivity index is -0.0000000546. The molecule has 0 unspecified atom stereocenters. The molecule has 0 aliphatic heterocycles. The van der Waals surface area contributed by atoms with Crippen LogP contribution < -0.4 is 0 Å². The molecule has 0 aromatic carbocycles. The van der Waals surface area contributed by atoms with Gasteiger partial charge in [-0.3, -0.25) is 4.90 Å². The van der Waals surface area contributed by atoms with Crippen LogP contribution in [-0.2, 0) is 4.74 Å². The molecule has 0 spiro atoms. The Morgan fingerprint density at radius 1 is 0.923 bits per heavy atom. The molecule has 0 saturated carbocycles. The van der Waals surface area contributed by atoms with Crippen LogP contribution in [0.2, 0.25) is 0 Å². The molecule has 0 atom stereocenters. The number of methoxy groups -OCH3 is 1. The van der Waals surface area contributed by atoms with E-state index < -0.39 is 0 Å². The summed E-state index contributed by atoms with van der Waals surface area (Å²) >= 11 is 0. The molecule has 86 valence electrons. The van der Waals surface area contributed by atoms with Gasteiger partial charge >= 0.3 is 0 Å². The highest BCUT2D eigenvalue weighted by molar-refractivity contribution is 4.25. The van der Waals surface area contributed by atoms with Crippen LogP contribution in [0.15, 0.2) is 0 Å². The minimum Gasteiger partial charge on any atom is -0.369 e. The Morgan fingerprint density at radius 3 is 1.23 bits per heavy atom. The molecule has 0 rings (SSSR count). The minimum atomic E-state index is 0. The fourth-order valence-electron chi connectivity index (χ4n) is 0.258. The average Bonchev–Trinajstić information content (AvgIpc) is 1.89. The summed E-state index contributed by atoms with van der Waals surface area (Å²) < 4.78 is 4.73. The first kappa shape index (κ1) is 23.1. The Hall–Kier alpha value is -0.120. The van der Waals surface area contributed by atoms with Crippen molar-refractivity contribution in [3.05, 3.63) is 0 Å². The van der Waals surface area contributed by atoms with Gasteiger partial charge in [0.05, 0.1) is 6.73 Å². The van der Waals surface area contributed by atoms with Gasteiger partial charge in [-0.25, -0.2) is 0 Å². The zero-order valence-electron chi connectivity index (χ0n) is 8.72. The van der Waals surface area contributed by atoms with Gasteiger partial charge in [0.15, 0.2) is 0 Å². The topological polar surface area (TPSA) is 15.7 Å². The summed E-state index contributed by atoms with van der Waals surface area (Å²) in [5, 5.41) is 0. The summed E-state index contributed by atoms with van der Waals surface area (Å²) in [6, 6.07) is 0. The van der Waals surface area contributed by atoms with E-state index in [-0.39, 0.29) is 14.9 Å². The van der Waals surface area contributed by atoms with Crippen LogP contribution in [0.5, 0.6) is 0 Å². The lowest BCUT2D eigenvalue weighted by Gasteiger charge is -2.04. The molecule has 0 aromatic heterocycles.